The molecule has 5 heteroatoms. The second kappa shape index (κ2) is 44.5. The van der Waals surface area contributed by atoms with Crippen molar-refractivity contribution in [2.75, 3.05) is 19.8 Å². The highest BCUT2D eigenvalue weighted by Gasteiger charge is 2.17. The fraction of sp³-hybridized carbons (Fsp3) is 0.673. The van der Waals surface area contributed by atoms with E-state index in [9.17, 15) is 9.59 Å². The van der Waals surface area contributed by atoms with Crippen LogP contribution in [0.3, 0.4) is 0 Å². The van der Waals surface area contributed by atoms with Crippen molar-refractivity contribution in [3.63, 3.8) is 0 Å². The fourth-order valence-corrected chi connectivity index (χ4v) is 5.69. The van der Waals surface area contributed by atoms with Gasteiger partial charge in [-0.25, -0.2) is 0 Å². The van der Waals surface area contributed by atoms with Gasteiger partial charge in [0, 0.05) is 19.4 Å². The van der Waals surface area contributed by atoms with Gasteiger partial charge in [0.2, 0.25) is 0 Å². The minimum absolute atomic E-state index is 0.0616. The molecule has 0 spiro atoms. The highest BCUT2D eigenvalue weighted by atomic mass is 16.6. The maximum absolute atomic E-state index is 12.7. The van der Waals surface area contributed by atoms with Crippen LogP contribution >= 0.6 is 0 Å². The molecule has 308 valence electrons. The third-order valence-electron chi connectivity index (χ3n) is 8.93. The monoisotopic (exact) mass is 751 g/mol. The average molecular weight is 751 g/mol. The maximum Gasteiger partial charge on any atom is 0.306 e. The van der Waals surface area contributed by atoms with E-state index < -0.39 is 6.10 Å². The van der Waals surface area contributed by atoms with Crippen molar-refractivity contribution in [2.24, 2.45) is 0 Å². The Hall–Kier alpha value is -2.92. The van der Waals surface area contributed by atoms with Crippen LogP contribution in [0.5, 0.6) is 0 Å². The van der Waals surface area contributed by atoms with E-state index in [1.807, 2.05) is 0 Å². The molecule has 0 N–H and O–H groups in total. The second-order valence-corrected chi connectivity index (χ2v) is 14.2. The SMILES string of the molecule is CC/C=C\C/C=C\C/C=C\C/C=C\CCCCCCC(=O)OCC(COCCCCCCCC)OC(=O)CCCCCCC/C=C\C/C=C\C/C=C\CC. The zero-order valence-electron chi connectivity index (χ0n) is 35.2. The van der Waals surface area contributed by atoms with Gasteiger partial charge in [-0.05, 0) is 89.9 Å². The van der Waals surface area contributed by atoms with E-state index in [0.29, 0.717) is 19.4 Å². The molecule has 0 bridgehead atoms. The standard InChI is InChI=1S/C49H82O5/c1-4-7-10-13-16-18-20-22-24-25-27-28-30-32-34-36-39-42-48(50)53-46-47(45-52-44-41-38-15-12-9-6-3)54-49(51)43-40-37-35-33-31-29-26-23-21-19-17-14-11-8-5-2/h7-8,10-11,16-19,22-24,26-28,47H,4-6,9,12-15,20-21,25,29-46H2,1-3H3/b10-7-,11-8-,18-16-,19-17-,24-22-,26-23-,28-27-. The van der Waals surface area contributed by atoms with Crippen LogP contribution in [0.2, 0.25) is 0 Å². The second-order valence-electron chi connectivity index (χ2n) is 14.2. The van der Waals surface area contributed by atoms with Crippen LogP contribution in [0, 0.1) is 0 Å². The molecule has 0 aliphatic heterocycles. The summed E-state index contributed by atoms with van der Waals surface area (Å²) in [6, 6.07) is 0. The van der Waals surface area contributed by atoms with Crippen LogP contribution in [-0.4, -0.2) is 37.9 Å². The summed E-state index contributed by atoms with van der Waals surface area (Å²) in [7, 11) is 0. The topological polar surface area (TPSA) is 61.8 Å². The van der Waals surface area contributed by atoms with Gasteiger partial charge in [0.25, 0.3) is 0 Å². The molecule has 0 fully saturated rings. The minimum Gasteiger partial charge on any atom is -0.462 e. The van der Waals surface area contributed by atoms with Crippen molar-refractivity contribution < 1.29 is 23.8 Å². The van der Waals surface area contributed by atoms with E-state index >= 15 is 0 Å². The molecular weight excluding hydrogens is 669 g/mol. The predicted molar refractivity (Wildman–Crippen MR) is 233 cm³/mol. The lowest BCUT2D eigenvalue weighted by molar-refractivity contribution is -0.163. The first-order valence-electron chi connectivity index (χ1n) is 22.1. The first kappa shape index (κ1) is 51.1. The van der Waals surface area contributed by atoms with Crippen LogP contribution in [0.4, 0.5) is 0 Å². The third kappa shape index (κ3) is 41.8. The molecule has 0 radical (unpaired) electrons. The summed E-state index contributed by atoms with van der Waals surface area (Å²) in [6.45, 7) is 7.50. The molecule has 0 aliphatic carbocycles. The molecule has 5 nitrogen and oxygen atoms in total. The Labute approximate surface area is 333 Å². The number of rotatable bonds is 39. The van der Waals surface area contributed by atoms with E-state index in [4.69, 9.17) is 14.2 Å². The molecule has 1 atom stereocenters. The fourth-order valence-electron chi connectivity index (χ4n) is 5.69. The molecule has 0 aromatic rings. The number of hydrogen-bond donors (Lipinski definition) is 0. The number of esters is 2. The third-order valence-corrected chi connectivity index (χ3v) is 8.93. The summed E-state index contributed by atoms with van der Waals surface area (Å²) in [4.78, 5) is 25.2. The van der Waals surface area contributed by atoms with E-state index in [2.05, 4.69) is 106 Å². The van der Waals surface area contributed by atoms with Gasteiger partial charge in [-0.15, -0.1) is 0 Å². The normalized spacial score (nSPS) is 13.0. The quantitative estimate of drug-likeness (QED) is 0.0356. The summed E-state index contributed by atoms with van der Waals surface area (Å²) in [5.74, 6) is -0.453. The number of hydrogen-bond acceptors (Lipinski definition) is 5. The van der Waals surface area contributed by atoms with Crippen LogP contribution in [-0.2, 0) is 23.8 Å². The van der Waals surface area contributed by atoms with Crippen molar-refractivity contribution in [1.82, 2.24) is 0 Å². The Morgan fingerprint density at radius 2 is 0.833 bits per heavy atom. The van der Waals surface area contributed by atoms with E-state index in [1.54, 1.807) is 0 Å². The van der Waals surface area contributed by atoms with E-state index in [1.165, 1.54) is 38.5 Å². The van der Waals surface area contributed by atoms with Crippen molar-refractivity contribution >= 4 is 11.9 Å². The molecule has 0 aromatic carbocycles. The molecular formula is C49H82O5. The lowest BCUT2D eigenvalue weighted by Crippen LogP contribution is -2.30. The summed E-state index contributed by atoms with van der Waals surface area (Å²) < 4.78 is 17.2. The first-order valence-corrected chi connectivity index (χ1v) is 22.1. The number of unbranched alkanes of at least 4 members (excludes halogenated alkanes) is 14. The van der Waals surface area contributed by atoms with Gasteiger partial charge >= 0.3 is 11.9 Å². The molecule has 0 heterocycles. The molecule has 0 amide bonds. The highest BCUT2D eigenvalue weighted by Crippen LogP contribution is 2.12. The van der Waals surface area contributed by atoms with Gasteiger partial charge in [-0.3, -0.25) is 9.59 Å². The van der Waals surface area contributed by atoms with Crippen molar-refractivity contribution in [3.05, 3.63) is 85.1 Å². The number of ether oxygens (including phenoxy) is 3. The molecule has 1 unspecified atom stereocenters. The summed E-state index contributed by atoms with van der Waals surface area (Å²) in [5.41, 5.74) is 0. The van der Waals surface area contributed by atoms with Crippen molar-refractivity contribution in [1.29, 1.82) is 0 Å². The van der Waals surface area contributed by atoms with Gasteiger partial charge in [0.05, 0.1) is 6.61 Å². The van der Waals surface area contributed by atoms with Crippen LogP contribution < -0.4 is 0 Å². The Bertz CT molecular complexity index is 1030. The van der Waals surface area contributed by atoms with Crippen LogP contribution in [0.15, 0.2) is 85.1 Å². The number of carbonyl (C=O) groups excluding carboxylic acids is 2. The Balaban J connectivity index is 4.22. The van der Waals surface area contributed by atoms with E-state index in [-0.39, 0.29) is 25.2 Å². The van der Waals surface area contributed by atoms with E-state index in [0.717, 1.165) is 116 Å². The van der Waals surface area contributed by atoms with Crippen LogP contribution in [0.1, 0.15) is 188 Å². The zero-order valence-corrected chi connectivity index (χ0v) is 35.2. The van der Waals surface area contributed by atoms with Gasteiger partial charge in [-0.2, -0.15) is 0 Å². The van der Waals surface area contributed by atoms with Gasteiger partial charge < -0.3 is 14.2 Å². The molecule has 0 rings (SSSR count). The van der Waals surface area contributed by atoms with Gasteiger partial charge in [0.15, 0.2) is 6.10 Å². The summed E-state index contributed by atoms with van der Waals surface area (Å²) in [6.07, 6.45) is 57.3. The zero-order chi connectivity index (χ0) is 39.3. The lowest BCUT2D eigenvalue weighted by Gasteiger charge is -2.18. The van der Waals surface area contributed by atoms with Crippen molar-refractivity contribution in [3.8, 4) is 0 Å². The lowest BCUT2D eigenvalue weighted by atomic mass is 10.1. The highest BCUT2D eigenvalue weighted by molar-refractivity contribution is 5.70. The number of carbonyl (C=O) groups is 2. The molecule has 0 saturated carbocycles. The van der Waals surface area contributed by atoms with Gasteiger partial charge in [0.1, 0.15) is 6.61 Å². The minimum atomic E-state index is -0.554. The summed E-state index contributed by atoms with van der Waals surface area (Å²) >= 11 is 0. The van der Waals surface area contributed by atoms with Crippen molar-refractivity contribution in [2.45, 2.75) is 194 Å². The maximum atomic E-state index is 12.7. The largest absolute Gasteiger partial charge is 0.462 e. The smallest absolute Gasteiger partial charge is 0.306 e. The average Bonchev–Trinajstić information content (AvgIpc) is 3.17. The summed E-state index contributed by atoms with van der Waals surface area (Å²) in [5, 5.41) is 0. The molecule has 0 aromatic heterocycles. The van der Waals surface area contributed by atoms with Crippen LogP contribution in [0.25, 0.3) is 0 Å². The molecule has 0 aliphatic rings. The van der Waals surface area contributed by atoms with Gasteiger partial charge in [-0.1, -0.05) is 170 Å². The Morgan fingerprint density at radius 1 is 0.426 bits per heavy atom. The predicted octanol–water partition coefficient (Wildman–Crippen LogP) is 14.6. The Morgan fingerprint density at radius 3 is 1.33 bits per heavy atom. The Kier molecular flexibility index (Phi) is 42.1. The first-order chi connectivity index (χ1) is 26.6. The molecule has 54 heavy (non-hydrogen) atoms. The number of allylic oxidation sites excluding steroid dienone is 14. The molecule has 0 saturated heterocycles.